The second-order valence-electron chi connectivity index (χ2n) is 5.89. The van der Waals surface area contributed by atoms with Crippen LogP contribution < -0.4 is 15.4 Å². The third-order valence-electron chi connectivity index (χ3n) is 3.88. The highest BCUT2D eigenvalue weighted by atomic mass is 16.5. The van der Waals surface area contributed by atoms with Gasteiger partial charge < -0.3 is 20.3 Å². The number of rotatable bonds is 8. The summed E-state index contributed by atoms with van der Waals surface area (Å²) in [5, 5.41) is 6.74. The van der Waals surface area contributed by atoms with Crippen molar-refractivity contribution in [3.05, 3.63) is 29.8 Å². The summed E-state index contributed by atoms with van der Waals surface area (Å²) in [6.45, 7) is 7.93. The molecule has 0 bridgehead atoms. The van der Waals surface area contributed by atoms with Crippen molar-refractivity contribution in [2.75, 3.05) is 34.3 Å². The predicted molar refractivity (Wildman–Crippen MR) is 98.3 cm³/mol. The molecule has 0 spiro atoms. The third-order valence-corrected chi connectivity index (χ3v) is 3.88. The van der Waals surface area contributed by atoms with E-state index >= 15 is 0 Å². The minimum Gasteiger partial charge on any atom is -0.496 e. The molecule has 1 rings (SSSR count). The summed E-state index contributed by atoms with van der Waals surface area (Å²) in [4.78, 5) is 6.95. The van der Waals surface area contributed by atoms with Gasteiger partial charge in [-0.3, -0.25) is 4.99 Å². The molecule has 5 heteroatoms. The van der Waals surface area contributed by atoms with Crippen LogP contribution in [0, 0.1) is 0 Å². The van der Waals surface area contributed by atoms with Gasteiger partial charge in [-0.25, -0.2) is 0 Å². The molecular formula is C18H32N4O. The first-order valence-corrected chi connectivity index (χ1v) is 8.37. The van der Waals surface area contributed by atoms with Gasteiger partial charge in [0.15, 0.2) is 5.96 Å². The maximum absolute atomic E-state index is 5.51. The van der Waals surface area contributed by atoms with Crippen LogP contribution in [0.25, 0.3) is 0 Å². The van der Waals surface area contributed by atoms with Gasteiger partial charge in [-0.15, -0.1) is 0 Å². The molecule has 1 aromatic carbocycles. The van der Waals surface area contributed by atoms with Crippen molar-refractivity contribution in [1.29, 1.82) is 0 Å². The lowest BCUT2D eigenvalue weighted by Crippen LogP contribution is -2.42. The largest absolute Gasteiger partial charge is 0.496 e. The van der Waals surface area contributed by atoms with Crippen LogP contribution in [0.5, 0.6) is 5.75 Å². The predicted octanol–water partition coefficient (Wildman–Crippen LogP) is 2.65. The maximum atomic E-state index is 5.51. The number of guanidine groups is 1. The normalized spacial score (nSPS) is 14.5. The van der Waals surface area contributed by atoms with Gasteiger partial charge in [0.25, 0.3) is 0 Å². The molecule has 2 atom stereocenters. The van der Waals surface area contributed by atoms with Crippen LogP contribution in [-0.4, -0.2) is 51.2 Å². The Balaban J connectivity index is 2.95. The lowest BCUT2D eigenvalue weighted by Gasteiger charge is -2.25. The van der Waals surface area contributed by atoms with Crippen LogP contribution in [0.3, 0.4) is 0 Å². The molecule has 0 fully saturated rings. The minimum absolute atomic E-state index is 0.165. The summed E-state index contributed by atoms with van der Waals surface area (Å²) in [5.41, 5.74) is 1.16. The van der Waals surface area contributed by atoms with E-state index in [0.717, 1.165) is 30.2 Å². The number of aliphatic imine (C=N–C) groups is 1. The number of nitrogens with zero attached hydrogens (tertiary/aromatic N) is 2. The number of methoxy groups -OCH3 is 1. The van der Waals surface area contributed by atoms with E-state index in [1.54, 1.807) is 7.11 Å². The highest BCUT2D eigenvalue weighted by Crippen LogP contribution is 2.28. The summed E-state index contributed by atoms with van der Waals surface area (Å²) in [6.07, 6.45) is 1.06. The lowest BCUT2D eigenvalue weighted by atomic mass is 10.0. The average Bonchev–Trinajstić information content (AvgIpc) is 2.55. The fraction of sp³-hybridized carbons (Fsp3) is 0.611. The van der Waals surface area contributed by atoms with E-state index in [4.69, 9.17) is 9.73 Å². The number of hydrogen-bond donors (Lipinski definition) is 2. The number of para-hydroxylation sites is 1. The zero-order valence-corrected chi connectivity index (χ0v) is 15.4. The van der Waals surface area contributed by atoms with Gasteiger partial charge in [0, 0.05) is 18.2 Å². The van der Waals surface area contributed by atoms with Crippen LogP contribution in [0.15, 0.2) is 29.3 Å². The van der Waals surface area contributed by atoms with Gasteiger partial charge in [-0.05, 0) is 40.4 Å². The van der Waals surface area contributed by atoms with Crippen LogP contribution in [0.4, 0.5) is 0 Å². The van der Waals surface area contributed by atoms with Gasteiger partial charge in [-0.2, -0.15) is 0 Å². The van der Waals surface area contributed by atoms with Crippen LogP contribution in [0.1, 0.15) is 38.8 Å². The summed E-state index contributed by atoms with van der Waals surface area (Å²) in [6, 6.07) is 8.70. The molecule has 2 unspecified atom stereocenters. The maximum Gasteiger partial charge on any atom is 0.191 e. The SMILES string of the molecule is CCNC(=NCC(c1ccccc1OC)N(C)C)NC(C)CC. The monoisotopic (exact) mass is 320 g/mol. The topological polar surface area (TPSA) is 48.9 Å². The molecule has 0 heterocycles. The zero-order valence-electron chi connectivity index (χ0n) is 15.4. The minimum atomic E-state index is 0.165. The summed E-state index contributed by atoms with van der Waals surface area (Å²) in [5.74, 6) is 1.77. The van der Waals surface area contributed by atoms with E-state index in [9.17, 15) is 0 Å². The third kappa shape index (κ3) is 6.10. The molecule has 0 saturated heterocycles. The molecule has 0 aliphatic rings. The Morgan fingerprint density at radius 2 is 1.96 bits per heavy atom. The molecule has 0 amide bonds. The van der Waals surface area contributed by atoms with E-state index in [1.807, 2.05) is 18.2 Å². The molecule has 23 heavy (non-hydrogen) atoms. The Morgan fingerprint density at radius 1 is 1.26 bits per heavy atom. The van der Waals surface area contributed by atoms with Crippen molar-refractivity contribution in [3.8, 4) is 5.75 Å². The number of benzene rings is 1. The molecule has 2 N–H and O–H groups in total. The summed E-state index contributed by atoms with van der Waals surface area (Å²) in [7, 11) is 5.85. The Hall–Kier alpha value is -1.75. The van der Waals surface area contributed by atoms with Crippen molar-refractivity contribution < 1.29 is 4.74 Å². The van der Waals surface area contributed by atoms with E-state index in [1.165, 1.54) is 0 Å². The molecule has 0 aliphatic carbocycles. The first-order chi connectivity index (χ1) is 11.0. The first kappa shape index (κ1) is 19.3. The Morgan fingerprint density at radius 3 is 2.52 bits per heavy atom. The first-order valence-electron chi connectivity index (χ1n) is 8.37. The molecule has 0 radical (unpaired) electrons. The Bertz CT molecular complexity index is 488. The van der Waals surface area contributed by atoms with E-state index < -0.39 is 0 Å². The smallest absolute Gasteiger partial charge is 0.191 e. The Labute approximate surface area is 141 Å². The highest BCUT2D eigenvalue weighted by molar-refractivity contribution is 5.80. The molecular weight excluding hydrogens is 288 g/mol. The van der Waals surface area contributed by atoms with E-state index in [-0.39, 0.29) is 6.04 Å². The van der Waals surface area contributed by atoms with Crippen molar-refractivity contribution >= 4 is 5.96 Å². The summed E-state index contributed by atoms with van der Waals surface area (Å²) < 4.78 is 5.51. The number of nitrogens with one attached hydrogen (secondary N) is 2. The molecule has 0 aromatic heterocycles. The standard InChI is InChI=1S/C18H32N4O/c1-7-14(3)21-18(19-8-2)20-13-16(22(4)5)15-11-9-10-12-17(15)23-6/h9-12,14,16H,7-8,13H2,1-6H3,(H2,19,20,21). The second kappa shape index (κ2) is 10.1. The number of ether oxygens (including phenoxy) is 1. The molecule has 5 nitrogen and oxygen atoms in total. The quantitative estimate of drug-likeness (QED) is 0.571. The van der Waals surface area contributed by atoms with Crippen molar-refractivity contribution in [1.82, 2.24) is 15.5 Å². The van der Waals surface area contributed by atoms with Gasteiger partial charge in [0.05, 0.1) is 19.7 Å². The van der Waals surface area contributed by atoms with Crippen LogP contribution >= 0.6 is 0 Å². The van der Waals surface area contributed by atoms with Crippen LogP contribution in [0.2, 0.25) is 0 Å². The molecule has 0 aliphatic heterocycles. The van der Waals surface area contributed by atoms with Gasteiger partial charge in [0.2, 0.25) is 0 Å². The van der Waals surface area contributed by atoms with Gasteiger partial charge in [-0.1, -0.05) is 25.1 Å². The zero-order chi connectivity index (χ0) is 17.2. The van der Waals surface area contributed by atoms with Gasteiger partial charge >= 0.3 is 0 Å². The van der Waals surface area contributed by atoms with E-state index in [2.05, 4.69) is 56.5 Å². The fourth-order valence-corrected chi connectivity index (χ4v) is 2.31. The molecule has 0 saturated carbocycles. The molecule has 130 valence electrons. The second-order valence-corrected chi connectivity index (χ2v) is 5.89. The van der Waals surface area contributed by atoms with Crippen molar-refractivity contribution in [3.63, 3.8) is 0 Å². The summed E-state index contributed by atoms with van der Waals surface area (Å²) >= 11 is 0. The van der Waals surface area contributed by atoms with Gasteiger partial charge in [0.1, 0.15) is 5.75 Å². The lowest BCUT2D eigenvalue weighted by molar-refractivity contribution is 0.295. The number of likely N-dealkylation sites (N-methyl/N-ethyl adjacent to an activating group) is 1. The highest BCUT2D eigenvalue weighted by Gasteiger charge is 2.18. The Kier molecular flexibility index (Phi) is 8.48. The average molecular weight is 320 g/mol. The van der Waals surface area contributed by atoms with Crippen LogP contribution in [-0.2, 0) is 0 Å². The number of hydrogen-bond acceptors (Lipinski definition) is 3. The van der Waals surface area contributed by atoms with Crippen molar-refractivity contribution in [2.45, 2.75) is 39.3 Å². The van der Waals surface area contributed by atoms with E-state index in [0.29, 0.717) is 12.6 Å². The fourth-order valence-electron chi connectivity index (χ4n) is 2.31. The van der Waals surface area contributed by atoms with Crippen molar-refractivity contribution in [2.24, 2.45) is 4.99 Å². The molecule has 1 aromatic rings.